The zero-order valence-electron chi connectivity index (χ0n) is 18.7. The highest BCUT2D eigenvalue weighted by molar-refractivity contribution is 5.87. The Kier molecular flexibility index (Phi) is 5.90. The van der Waals surface area contributed by atoms with Crippen LogP contribution in [0.2, 0.25) is 0 Å². The van der Waals surface area contributed by atoms with Gasteiger partial charge in [0.1, 0.15) is 5.65 Å². The summed E-state index contributed by atoms with van der Waals surface area (Å²) in [5.74, 6) is 0.715. The van der Waals surface area contributed by atoms with E-state index in [-0.39, 0.29) is 11.5 Å². The summed E-state index contributed by atoms with van der Waals surface area (Å²) in [6, 6.07) is 13.4. The smallest absolute Gasteiger partial charge is 0.252 e. The fourth-order valence-electron chi connectivity index (χ4n) is 4.13. The van der Waals surface area contributed by atoms with Crippen molar-refractivity contribution in [3.8, 4) is 0 Å². The molecule has 0 atom stereocenters. The zero-order chi connectivity index (χ0) is 23.5. The van der Waals surface area contributed by atoms with Gasteiger partial charge in [-0.15, -0.1) is 0 Å². The van der Waals surface area contributed by atoms with Crippen LogP contribution >= 0.6 is 0 Å². The van der Waals surface area contributed by atoms with E-state index in [4.69, 9.17) is 0 Å². The minimum absolute atomic E-state index is 0.0471. The number of amides is 1. The molecule has 1 aliphatic heterocycles. The molecule has 1 aromatic carbocycles. The van der Waals surface area contributed by atoms with Gasteiger partial charge < -0.3 is 10.2 Å². The Labute approximate surface area is 196 Å². The highest BCUT2D eigenvalue weighted by atomic mass is 16.2. The Bertz CT molecular complexity index is 1390. The van der Waals surface area contributed by atoms with Gasteiger partial charge in [0.25, 0.3) is 5.56 Å². The molecule has 5 rings (SSSR count). The van der Waals surface area contributed by atoms with Gasteiger partial charge in [-0.3, -0.25) is 18.8 Å². The van der Waals surface area contributed by atoms with Crippen LogP contribution < -0.4 is 10.9 Å². The van der Waals surface area contributed by atoms with E-state index in [1.165, 1.54) is 6.08 Å². The Morgan fingerprint density at radius 2 is 1.97 bits per heavy atom. The van der Waals surface area contributed by atoms with Crippen LogP contribution in [-0.4, -0.2) is 48.2 Å². The first kappa shape index (κ1) is 21.6. The molecule has 9 heteroatoms. The van der Waals surface area contributed by atoms with E-state index in [0.29, 0.717) is 43.7 Å². The van der Waals surface area contributed by atoms with Gasteiger partial charge in [0.15, 0.2) is 0 Å². The van der Waals surface area contributed by atoms with Gasteiger partial charge in [0.05, 0.1) is 18.4 Å². The number of pyridine rings is 1. The summed E-state index contributed by atoms with van der Waals surface area (Å²) in [7, 11) is 0. The zero-order valence-corrected chi connectivity index (χ0v) is 18.7. The van der Waals surface area contributed by atoms with Crippen molar-refractivity contribution in [2.24, 2.45) is 5.92 Å². The van der Waals surface area contributed by atoms with Gasteiger partial charge in [0, 0.05) is 43.5 Å². The van der Waals surface area contributed by atoms with Crippen LogP contribution in [0.25, 0.3) is 11.0 Å². The fraction of sp³-hybridized carbons (Fsp3) is 0.240. The number of hydrogen-bond acceptors (Lipinski definition) is 6. The number of likely N-dealkylation sites (tertiary alicyclic amines) is 1. The van der Waals surface area contributed by atoms with E-state index in [2.05, 4.69) is 39.1 Å². The number of nitrogens with zero attached hydrogens (tertiary/aromatic N) is 6. The van der Waals surface area contributed by atoms with Crippen LogP contribution in [0.5, 0.6) is 0 Å². The number of carbonyl (C=O) groups excluding carboxylic acids is 1. The van der Waals surface area contributed by atoms with Gasteiger partial charge in [-0.1, -0.05) is 36.9 Å². The first-order valence-electron chi connectivity index (χ1n) is 11.2. The van der Waals surface area contributed by atoms with E-state index in [1.807, 2.05) is 29.1 Å². The van der Waals surface area contributed by atoms with Gasteiger partial charge in [-0.2, -0.15) is 10.1 Å². The SMILES string of the molecule is C=CC(=O)N1CC(CCn2c(=O)ccc3cnc(Nc4cnn(Cc5ccccc5)c4)nc32)C1. The van der Waals surface area contributed by atoms with Crippen LogP contribution in [0.4, 0.5) is 11.6 Å². The largest absolute Gasteiger partial charge is 0.338 e. The lowest BCUT2D eigenvalue weighted by Gasteiger charge is -2.38. The van der Waals surface area contributed by atoms with Crippen molar-refractivity contribution in [2.75, 3.05) is 18.4 Å². The van der Waals surface area contributed by atoms with Gasteiger partial charge in [-0.05, 0) is 30.0 Å². The van der Waals surface area contributed by atoms with E-state index < -0.39 is 0 Å². The summed E-state index contributed by atoms with van der Waals surface area (Å²) >= 11 is 0. The monoisotopic (exact) mass is 455 g/mol. The molecule has 4 aromatic rings. The molecule has 0 unspecified atom stereocenters. The summed E-state index contributed by atoms with van der Waals surface area (Å²) in [5, 5.41) is 8.38. The maximum atomic E-state index is 12.6. The Morgan fingerprint density at radius 3 is 2.76 bits per heavy atom. The molecule has 1 aliphatic rings. The molecular formula is C25H25N7O2. The molecule has 0 radical (unpaired) electrons. The molecule has 1 N–H and O–H groups in total. The number of aromatic nitrogens is 5. The minimum Gasteiger partial charge on any atom is -0.338 e. The maximum absolute atomic E-state index is 12.6. The minimum atomic E-state index is -0.105. The number of fused-ring (bicyclic) bond motifs is 1. The maximum Gasteiger partial charge on any atom is 0.252 e. The quantitative estimate of drug-likeness (QED) is 0.410. The van der Waals surface area contributed by atoms with E-state index in [9.17, 15) is 9.59 Å². The predicted molar refractivity (Wildman–Crippen MR) is 130 cm³/mol. The number of carbonyl (C=O) groups is 1. The molecule has 4 heterocycles. The summed E-state index contributed by atoms with van der Waals surface area (Å²) in [6.07, 6.45) is 7.46. The lowest BCUT2D eigenvalue weighted by Crippen LogP contribution is -2.49. The average Bonchev–Trinajstić information content (AvgIpc) is 3.26. The van der Waals surface area contributed by atoms with E-state index in [0.717, 1.165) is 23.1 Å². The van der Waals surface area contributed by atoms with Crippen molar-refractivity contribution < 1.29 is 4.79 Å². The summed E-state index contributed by atoms with van der Waals surface area (Å²) < 4.78 is 3.52. The molecule has 34 heavy (non-hydrogen) atoms. The van der Waals surface area contributed by atoms with Crippen molar-refractivity contribution in [3.63, 3.8) is 0 Å². The number of benzene rings is 1. The molecule has 1 saturated heterocycles. The lowest BCUT2D eigenvalue weighted by atomic mass is 9.96. The van der Waals surface area contributed by atoms with Gasteiger partial charge >= 0.3 is 0 Å². The van der Waals surface area contributed by atoms with E-state index in [1.54, 1.807) is 34.0 Å². The molecule has 0 bridgehead atoms. The molecular weight excluding hydrogens is 430 g/mol. The molecule has 1 amide bonds. The predicted octanol–water partition coefficient (Wildman–Crippen LogP) is 2.81. The van der Waals surface area contributed by atoms with Crippen molar-refractivity contribution in [2.45, 2.75) is 19.5 Å². The molecule has 3 aromatic heterocycles. The first-order valence-corrected chi connectivity index (χ1v) is 11.2. The summed E-state index contributed by atoms with van der Waals surface area (Å²) in [5.41, 5.74) is 2.40. The lowest BCUT2D eigenvalue weighted by molar-refractivity contribution is -0.132. The number of anilines is 2. The summed E-state index contributed by atoms with van der Waals surface area (Å²) in [6.45, 7) is 6.11. The Morgan fingerprint density at radius 1 is 1.15 bits per heavy atom. The second-order valence-electron chi connectivity index (χ2n) is 8.44. The highest BCUT2D eigenvalue weighted by Crippen LogP contribution is 2.21. The van der Waals surface area contributed by atoms with Crippen molar-refractivity contribution >= 4 is 28.6 Å². The first-order chi connectivity index (χ1) is 16.6. The topological polar surface area (TPSA) is 97.9 Å². The standard InChI is InChI=1S/C25H25N7O2/c1-2-22(33)30-14-19(15-30)10-11-32-23(34)9-8-20-12-26-25(29-24(20)32)28-21-13-27-31(17-21)16-18-6-4-3-5-7-18/h2-9,12-13,17,19H,1,10-11,14-16H2,(H,26,28,29). The Hall–Kier alpha value is -4.27. The summed E-state index contributed by atoms with van der Waals surface area (Å²) in [4.78, 5) is 35.0. The van der Waals surface area contributed by atoms with Crippen LogP contribution in [0, 0.1) is 5.92 Å². The number of aryl methyl sites for hydroxylation is 1. The van der Waals surface area contributed by atoms with Crippen LogP contribution in [-0.2, 0) is 17.9 Å². The molecule has 0 aliphatic carbocycles. The molecule has 0 saturated carbocycles. The third kappa shape index (κ3) is 4.59. The van der Waals surface area contributed by atoms with Gasteiger partial charge in [0.2, 0.25) is 11.9 Å². The molecule has 172 valence electrons. The van der Waals surface area contributed by atoms with E-state index >= 15 is 0 Å². The number of hydrogen-bond donors (Lipinski definition) is 1. The third-order valence-corrected chi connectivity index (χ3v) is 6.00. The van der Waals surface area contributed by atoms with Crippen molar-refractivity contribution in [3.05, 3.63) is 89.6 Å². The van der Waals surface area contributed by atoms with Crippen LogP contribution in [0.1, 0.15) is 12.0 Å². The van der Waals surface area contributed by atoms with Crippen molar-refractivity contribution in [1.29, 1.82) is 0 Å². The second-order valence-corrected chi connectivity index (χ2v) is 8.44. The van der Waals surface area contributed by atoms with Crippen LogP contribution in [0.15, 0.2) is 78.5 Å². The number of nitrogens with one attached hydrogen (secondary N) is 1. The molecule has 0 spiro atoms. The van der Waals surface area contributed by atoms with Gasteiger partial charge in [-0.25, -0.2) is 4.98 Å². The highest BCUT2D eigenvalue weighted by Gasteiger charge is 2.29. The van der Waals surface area contributed by atoms with Crippen LogP contribution in [0.3, 0.4) is 0 Å². The van der Waals surface area contributed by atoms with Crippen molar-refractivity contribution in [1.82, 2.24) is 29.2 Å². The molecule has 1 fully saturated rings. The fourth-order valence-corrected chi connectivity index (χ4v) is 4.13. The number of rotatable bonds is 8. The Balaban J connectivity index is 1.29. The average molecular weight is 456 g/mol. The molecule has 9 nitrogen and oxygen atoms in total. The normalized spacial score (nSPS) is 13.6. The third-order valence-electron chi connectivity index (χ3n) is 6.00. The second kappa shape index (κ2) is 9.30.